The lowest BCUT2D eigenvalue weighted by atomic mass is 10.1. The number of nitrogens with zero attached hydrogens (tertiary/aromatic N) is 2. The van der Waals surface area contributed by atoms with Gasteiger partial charge in [0.05, 0.1) is 12.2 Å². The molecule has 0 saturated heterocycles. The lowest BCUT2D eigenvalue weighted by Crippen LogP contribution is -2.18. The highest BCUT2D eigenvalue weighted by atomic mass is 32.2. The smallest absolute Gasteiger partial charge is 0.433 e. The van der Waals surface area contributed by atoms with E-state index in [1.54, 1.807) is 6.92 Å². The number of aromatic nitrogens is 1. The molecule has 0 aliphatic rings. The van der Waals surface area contributed by atoms with E-state index < -0.39 is 23.1 Å². The van der Waals surface area contributed by atoms with Crippen LogP contribution in [-0.4, -0.2) is 22.8 Å². The van der Waals surface area contributed by atoms with Crippen LogP contribution in [-0.2, 0) is 15.7 Å². The molecule has 0 N–H and O–H groups in total. The van der Waals surface area contributed by atoms with E-state index in [1.807, 2.05) is 6.07 Å². The summed E-state index contributed by atoms with van der Waals surface area (Å²) in [6, 6.07) is 2.63. The Bertz CT molecular complexity index is 582. The van der Waals surface area contributed by atoms with Crippen LogP contribution in [0.4, 0.5) is 13.2 Å². The molecule has 1 unspecified atom stereocenters. The van der Waals surface area contributed by atoms with E-state index in [0.717, 1.165) is 17.8 Å². The molecule has 8 heteroatoms. The molecule has 0 fully saturated rings. The van der Waals surface area contributed by atoms with E-state index >= 15 is 0 Å². The normalized spacial score (nSPS) is 12.6. The summed E-state index contributed by atoms with van der Waals surface area (Å²) in [4.78, 5) is 15.0. The zero-order chi connectivity index (χ0) is 16.2. The number of esters is 1. The first-order chi connectivity index (χ1) is 9.70. The topological polar surface area (TPSA) is 63.0 Å². The number of ether oxygens (including phenoxy) is 1. The molecule has 4 nitrogen and oxygen atoms in total. The van der Waals surface area contributed by atoms with Gasteiger partial charge in [0.25, 0.3) is 0 Å². The Hall–Kier alpha value is -1.75. The maximum absolute atomic E-state index is 12.8. The summed E-state index contributed by atoms with van der Waals surface area (Å²) in [6.07, 6.45) is -4.61. The molecule has 0 radical (unpaired) electrons. The molecule has 1 aromatic heterocycles. The van der Waals surface area contributed by atoms with Crippen LogP contribution in [0, 0.1) is 18.3 Å². The molecule has 0 aliphatic carbocycles. The molecule has 1 heterocycles. The van der Waals surface area contributed by atoms with Crippen molar-refractivity contribution in [1.82, 2.24) is 4.98 Å². The number of hydrogen-bond acceptors (Lipinski definition) is 5. The van der Waals surface area contributed by atoms with Crippen molar-refractivity contribution in [3.05, 3.63) is 22.9 Å². The number of rotatable bonds is 4. The second-order valence-electron chi connectivity index (χ2n) is 4.13. The Morgan fingerprint density at radius 1 is 1.57 bits per heavy atom. The lowest BCUT2D eigenvalue weighted by molar-refractivity contribution is -0.142. The minimum atomic E-state index is -4.61. The average molecular weight is 318 g/mol. The largest absolute Gasteiger partial charge is 0.465 e. The predicted molar refractivity (Wildman–Crippen MR) is 70.6 cm³/mol. The number of hydrogen-bond donors (Lipinski definition) is 0. The van der Waals surface area contributed by atoms with Crippen molar-refractivity contribution >= 4 is 17.7 Å². The Labute approximate surface area is 124 Å². The third kappa shape index (κ3) is 4.36. The summed E-state index contributed by atoms with van der Waals surface area (Å²) in [5.41, 5.74) is -0.889. The average Bonchev–Trinajstić information content (AvgIpc) is 2.37. The first-order valence-corrected chi connectivity index (χ1v) is 6.90. The molecule has 1 rings (SSSR count). The first kappa shape index (κ1) is 17.3. The summed E-state index contributed by atoms with van der Waals surface area (Å²) >= 11 is 0.779. The van der Waals surface area contributed by atoms with Gasteiger partial charge in [0.1, 0.15) is 22.0 Å². The summed E-state index contributed by atoms with van der Waals surface area (Å²) in [6.45, 7) is 4.68. The highest BCUT2D eigenvalue weighted by Gasteiger charge is 2.34. The van der Waals surface area contributed by atoms with Crippen LogP contribution >= 0.6 is 11.8 Å². The Balaban J connectivity index is 3.19. The fourth-order valence-corrected chi connectivity index (χ4v) is 2.46. The van der Waals surface area contributed by atoms with Gasteiger partial charge in [-0.2, -0.15) is 18.4 Å². The quantitative estimate of drug-likeness (QED) is 0.629. The number of nitriles is 1. The molecule has 0 saturated carbocycles. The second-order valence-corrected chi connectivity index (χ2v) is 5.46. The molecule has 1 atom stereocenters. The molecule has 0 bridgehead atoms. The Kier molecular flexibility index (Phi) is 5.61. The zero-order valence-corrected chi connectivity index (χ0v) is 12.4. The number of pyridine rings is 1. The lowest BCUT2D eigenvalue weighted by Gasteiger charge is -2.14. The Morgan fingerprint density at radius 2 is 2.19 bits per heavy atom. The Morgan fingerprint density at radius 3 is 2.67 bits per heavy atom. The number of aryl methyl sites for hydroxylation is 1. The van der Waals surface area contributed by atoms with Crippen molar-refractivity contribution in [3.8, 4) is 6.07 Å². The van der Waals surface area contributed by atoms with E-state index in [0.29, 0.717) is 0 Å². The van der Waals surface area contributed by atoms with Gasteiger partial charge in [-0.1, -0.05) is 11.8 Å². The molecular formula is C13H13F3N2O2S. The van der Waals surface area contributed by atoms with Crippen LogP contribution in [0.25, 0.3) is 0 Å². The highest BCUT2D eigenvalue weighted by molar-refractivity contribution is 8.00. The molecule has 114 valence electrons. The van der Waals surface area contributed by atoms with Crippen molar-refractivity contribution in [2.75, 3.05) is 6.61 Å². The van der Waals surface area contributed by atoms with Gasteiger partial charge < -0.3 is 4.74 Å². The van der Waals surface area contributed by atoms with Crippen LogP contribution < -0.4 is 0 Å². The van der Waals surface area contributed by atoms with E-state index in [4.69, 9.17) is 10.00 Å². The molecule has 21 heavy (non-hydrogen) atoms. The number of thioether (sulfide) groups is 1. The summed E-state index contributed by atoms with van der Waals surface area (Å²) < 4.78 is 43.0. The summed E-state index contributed by atoms with van der Waals surface area (Å²) in [7, 11) is 0. The molecule has 0 aliphatic heterocycles. The van der Waals surface area contributed by atoms with Crippen molar-refractivity contribution in [2.24, 2.45) is 0 Å². The third-order valence-corrected chi connectivity index (χ3v) is 3.56. The van der Waals surface area contributed by atoms with Crippen LogP contribution in [0.1, 0.15) is 30.7 Å². The standard InChI is InChI=1S/C13H13F3N2O2S/c1-4-20-12(19)8(3)21-11-9(6-17)7(2)5-10(18-11)13(14,15)16/h5,8H,4H2,1-3H3. The van der Waals surface area contributed by atoms with Crippen LogP contribution in [0.3, 0.4) is 0 Å². The van der Waals surface area contributed by atoms with E-state index in [1.165, 1.54) is 13.8 Å². The van der Waals surface area contributed by atoms with Crippen LogP contribution in [0.5, 0.6) is 0 Å². The summed E-state index contributed by atoms with van der Waals surface area (Å²) in [5.74, 6) is -0.566. The van der Waals surface area contributed by atoms with Crippen molar-refractivity contribution in [1.29, 1.82) is 5.26 Å². The molecule has 0 amide bonds. The fraction of sp³-hybridized carbons (Fsp3) is 0.462. The van der Waals surface area contributed by atoms with Gasteiger partial charge in [0.2, 0.25) is 0 Å². The van der Waals surface area contributed by atoms with Gasteiger partial charge in [0.15, 0.2) is 0 Å². The van der Waals surface area contributed by atoms with E-state index in [-0.39, 0.29) is 22.8 Å². The number of carbonyl (C=O) groups excluding carboxylic acids is 1. The molecule has 1 aromatic rings. The highest BCUT2D eigenvalue weighted by Crippen LogP contribution is 2.34. The third-order valence-electron chi connectivity index (χ3n) is 2.49. The van der Waals surface area contributed by atoms with Crippen molar-refractivity contribution < 1.29 is 22.7 Å². The minimum Gasteiger partial charge on any atom is -0.465 e. The van der Waals surface area contributed by atoms with Gasteiger partial charge >= 0.3 is 12.1 Å². The predicted octanol–water partition coefficient (Wildman–Crippen LogP) is 3.32. The van der Waals surface area contributed by atoms with E-state index in [2.05, 4.69) is 4.98 Å². The molecule has 0 spiro atoms. The van der Waals surface area contributed by atoms with Gasteiger partial charge in [-0.05, 0) is 32.4 Å². The second kappa shape index (κ2) is 6.80. The monoisotopic (exact) mass is 318 g/mol. The van der Waals surface area contributed by atoms with Gasteiger partial charge in [-0.15, -0.1) is 0 Å². The molecule has 0 aromatic carbocycles. The SMILES string of the molecule is CCOC(=O)C(C)Sc1nc(C(F)(F)F)cc(C)c1C#N. The number of alkyl halides is 3. The minimum absolute atomic E-state index is 0.0316. The van der Waals surface area contributed by atoms with Gasteiger partial charge in [0, 0.05) is 0 Å². The van der Waals surface area contributed by atoms with Crippen LogP contribution in [0.15, 0.2) is 11.1 Å². The maximum Gasteiger partial charge on any atom is 0.433 e. The maximum atomic E-state index is 12.8. The fourth-order valence-electron chi connectivity index (χ4n) is 1.49. The number of halogens is 3. The van der Waals surface area contributed by atoms with Crippen molar-refractivity contribution in [2.45, 2.75) is 37.2 Å². The number of carbonyl (C=O) groups is 1. The van der Waals surface area contributed by atoms with Gasteiger partial charge in [-0.25, -0.2) is 4.98 Å². The van der Waals surface area contributed by atoms with Gasteiger partial charge in [-0.3, -0.25) is 4.79 Å². The summed E-state index contributed by atoms with van der Waals surface area (Å²) in [5, 5.41) is 8.17. The first-order valence-electron chi connectivity index (χ1n) is 6.02. The zero-order valence-electron chi connectivity index (χ0n) is 11.6. The van der Waals surface area contributed by atoms with Crippen LogP contribution in [0.2, 0.25) is 0 Å². The van der Waals surface area contributed by atoms with E-state index in [9.17, 15) is 18.0 Å². The van der Waals surface area contributed by atoms with Crippen molar-refractivity contribution in [3.63, 3.8) is 0 Å². The molecular weight excluding hydrogens is 305 g/mol.